The summed E-state index contributed by atoms with van der Waals surface area (Å²) in [5.41, 5.74) is 0. The minimum Gasteiger partial charge on any atom is -0.385 e. The third-order valence-corrected chi connectivity index (χ3v) is 0.772. The molecule has 2 heteroatoms. The third-order valence-electron chi connectivity index (χ3n) is 0.772. The number of rotatable bonds is 4. The van der Waals surface area contributed by atoms with Crippen molar-refractivity contribution in [3.05, 3.63) is 6.92 Å². The molecule has 0 aliphatic rings. The van der Waals surface area contributed by atoms with Crippen molar-refractivity contribution in [2.45, 2.75) is 12.8 Å². The van der Waals surface area contributed by atoms with Crippen molar-refractivity contribution in [3.8, 4) is 0 Å². The average molecular weight is 114 g/mol. The van der Waals surface area contributed by atoms with E-state index in [9.17, 15) is 4.79 Å². The first kappa shape index (κ1) is 7.63. The smallest absolute Gasteiger partial charge is 0.137 e. The van der Waals surface area contributed by atoms with Crippen LogP contribution >= 0.6 is 0 Å². The minimum absolute atomic E-state index is 0.262. The van der Waals surface area contributed by atoms with E-state index in [0.29, 0.717) is 13.0 Å². The quantitative estimate of drug-likeness (QED) is 0.503. The first-order chi connectivity index (χ1) is 3.77. The first-order valence-corrected chi connectivity index (χ1v) is 2.54. The highest BCUT2D eigenvalue weighted by atomic mass is 16.5. The summed E-state index contributed by atoms with van der Waals surface area (Å²) in [6, 6.07) is 0. The molecule has 0 saturated carbocycles. The van der Waals surface area contributed by atoms with E-state index >= 15 is 0 Å². The van der Waals surface area contributed by atoms with E-state index in [4.69, 9.17) is 6.92 Å². The molecule has 0 aromatic carbocycles. The summed E-state index contributed by atoms with van der Waals surface area (Å²) in [5.74, 6) is -0.262. The molecule has 0 bridgehead atoms. The molecule has 0 heterocycles. The number of hydrogen-bond donors (Lipinski definition) is 0. The van der Waals surface area contributed by atoms with E-state index in [1.165, 1.54) is 0 Å². The number of methoxy groups -OCH3 is 1. The molecule has 2 radical (unpaired) electrons. The van der Waals surface area contributed by atoms with Crippen LogP contribution in [-0.4, -0.2) is 19.5 Å². The highest BCUT2D eigenvalue weighted by Gasteiger charge is 1.90. The van der Waals surface area contributed by atoms with Gasteiger partial charge in [-0.15, -0.1) is 0 Å². The Kier molecular flexibility index (Phi) is 4.56. The average Bonchev–Trinajstić information content (AvgIpc) is 1.66. The molecule has 0 aromatic rings. The summed E-state index contributed by atoms with van der Waals surface area (Å²) < 4.78 is 4.68. The van der Waals surface area contributed by atoms with Gasteiger partial charge in [0.05, 0.1) is 0 Å². The van der Waals surface area contributed by atoms with E-state index < -0.39 is 0 Å². The highest BCUT2D eigenvalue weighted by Crippen LogP contribution is 1.88. The Balaban J connectivity index is 2.82. The predicted molar refractivity (Wildman–Crippen MR) is 30.4 cm³/mol. The summed E-state index contributed by atoms with van der Waals surface area (Å²) in [5, 5.41) is 0. The van der Waals surface area contributed by atoms with Crippen LogP contribution in [0.1, 0.15) is 12.8 Å². The number of carbonyl (C=O) groups excluding carboxylic acids is 1. The maximum atomic E-state index is 10.0. The van der Waals surface area contributed by atoms with E-state index in [1.54, 1.807) is 7.11 Å². The molecule has 0 aliphatic heterocycles. The van der Waals surface area contributed by atoms with Crippen LogP contribution in [0.4, 0.5) is 0 Å². The highest BCUT2D eigenvalue weighted by molar-refractivity contribution is 5.82. The van der Waals surface area contributed by atoms with Crippen LogP contribution in [0.25, 0.3) is 0 Å². The lowest BCUT2D eigenvalue weighted by atomic mass is 10.2. The van der Waals surface area contributed by atoms with Crippen LogP contribution in [-0.2, 0) is 9.53 Å². The molecule has 2 nitrogen and oxygen atoms in total. The largest absolute Gasteiger partial charge is 0.385 e. The number of Topliss-reactive ketones (excluding diaryl/α,β-unsaturated/α-hetero) is 1. The van der Waals surface area contributed by atoms with Crippen molar-refractivity contribution in [2.24, 2.45) is 0 Å². The Hall–Kier alpha value is -0.370. The Morgan fingerprint density at radius 3 is 2.75 bits per heavy atom. The SMILES string of the molecule is [CH]C(=O)CCCOC. The monoisotopic (exact) mass is 114 g/mol. The third kappa shape index (κ3) is 5.63. The van der Waals surface area contributed by atoms with Gasteiger partial charge in [-0.1, -0.05) is 0 Å². The van der Waals surface area contributed by atoms with Gasteiger partial charge in [0.1, 0.15) is 5.78 Å². The van der Waals surface area contributed by atoms with Crippen molar-refractivity contribution in [1.82, 2.24) is 0 Å². The zero-order valence-electron chi connectivity index (χ0n) is 5.02. The molecule has 46 valence electrons. The second kappa shape index (κ2) is 4.78. The minimum atomic E-state index is -0.262. The lowest BCUT2D eigenvalue weighted by Gasteiger charge is -1.92. The molecular weight excluding hydrogens is 104 g/mol. The van der Waals surface area contributed by atoms with Gasteiger partial charge in [0.25, 0.3) is 0 Å². The maximum absolute atomic E-state index is 10.0. The van der Waals surface area contributed by atoms with Gasteiger partial charge in [-0.05, 0) is 6.42 Å². The van der Waals surface area contributed by atoms with Crippen molar-refractivity contribution in [1.29, 1.82) is 0 Å². The van der Waals surface area contributed by atoms with Gasteiger partial charge in [0.2, 0.25) is 0 Å². The fraction of sp³-hybridized carbons (Fsp3) is 0.667. The predicted octanol–water partition coefficient (Wildman–Crippen LogP) is 0.693. The number of carbonyl (C=O) groups is 1. The molecule has 0 saturated heterocycles. The fourth-order valence-corrected chi connectivity index (χ4v) is 0.391. The van der Waals surface area contributed by atoms with Crippen LogP contribution in [0.15, 0.2) is 0 Å². The zero-order valence-corrected chi connectivity index (χ0v) is 5.02. The molecule has 0 N–H and O–H groups in total. The summed E-state index contributed by atoms with van der Waals surface area (Å²) in [4.78, 5) is 10.0. The summed E-state index contributed by atoms with van der Waals surface area (Å²) in [6.07, 6.45) is 1.15. The molecule has 0 aromatic heterocycles. The molecule has 0 amide bonds. The Labute approximate surface area is 49.8 Å². The Morgan fingerprint density at radius 2 is 2.38 bits per heavy atom. The Bertz CT molecular complexity index is 68.9. The number of hydrogen-bond acceptors (Lipinski definition) is 2. The summed E-state index contributed by atoms with van der Waals surface area (Å²) in [6.45, 7) is 5.45. The van der Waals surface area contributed by atoms with Gasteiger partial charge < -0.3 is 4.74 Å². The van der Waals surface area contributed by atoms with Gasteiger partial charge >= 0.3 is 0 Å². The second-order valence-electron chi connectivity index (χ2n) is 1.56. The molecule has 0 aliphatic carbocycles. The van der Waals surface area contributed by atoms with Crippen LogP contribution in [0.3, 0.4) is 0 Å². The van der Waals surface area contributed by atoms with E-state index in [1.807, 2.05) is 0 Å². The lowest BCUT2D eigenvalue weighted by molar-refractivity contribution is -0.115. The first-order valence-electron chi connectivity index (χ1n) is 2.54. The van der Waals surface area contributed by atoms with E-state index in [-0.39, 0.29) is 5.78 Å². The summed E-state index contributed by atoms with van der Waals surface area (Å²) in [7, 11) is 1.60. The standard InChI is InChI=1S/C6H10O2/c1-6(7)4-3-5-8-2/h1H,3-5H2,2H3. The van der Waals surface area contributed by atoms with Gasteiger partial charge in [-0.3, -0.25) is 4.79 Å². The van der Waals surface area contributed by atoms with Crippen molar-refractivity contribution in [2.75, 3.05) is 13.7 Å². The molecule has 0 rings (SSSR count). The molecule has 0 fully saturated rings. The summed E-state index contributed by atoms with van der Waals surface area (Å²) >= 11 is 0. The van der Waals surface area contributed by atoms with Gasteiger partial charge in [-0.25, -0.2) is 0 Å². The molecule has 0 unspecified atom stereocenters. The molecule has 0 spiro atoms. The van der Waals surface area contributed by atoms with Gasteiger partial charge in [-0.2, -0.15) is 0 Å². The molecular formula is C6H10O2. The van der Waals surface area contributed by atoms with E-state index in [2.05, 4.69) is 4.74 Å². The molecule has 0 atom stereocenters. The topological polar surface area (TPSA) is 26.3 Å². The fourth-order valence-electron chi connectivity index (χ4n) is 0.391. The van der Waals surface area contributed by atoms with Crippen LogP contribution in [0, 0.1) is 6.92 Å². The molecule has 8 heavy (non-hydrogen) atoms. The van der Waals surface area contributed by atoms with Crippen LogP contribution in [0.2, 0.25) is 0 Å². The van der Waals surface area contributed by atoms with E-state index in [0.717, 1.165) is 6.42 Å². The second-order valence-corrected chi connectivity index (χ2v) is 1.56. The lowest BCUT2D eigenvalue weighted by Crippen LogP contribution is -1.94. The van der Waals surface area contributed by atoms with Crippen LogP contribution < -0.4 is 0 Å². The Morgan fingerprint density at radius 1 is 1.75 bits per heavy atom. The number of ketones is 1. The normalized spacial score (nSPS) is 9.25. The van der Waals surface area contributed by atoms with Crippen molar-refractivity contribution in [3.63, 3.8) is 0 Å². The zero-order chi connectivity index (χ0) is 6.41. The van der Waals surface area contributed by atoms with Gasteiger partial charge in [0, 0.05) is 27.1 Å². The van der Waals surface area contributed by atoms with Crippen molar-refractivity contribution >= 4 is 5.78 Å². The van der Waals surface area contributed by atoms with Crippen LogP contribution in [0.5, 0.6) is 0 Å². The van der Waals surface area contributed by atoms with Crippen molar-refractivity contribution < 1.29 is 9.53 Å². The number of ether oxygens (including phenoxy) is 1. The maximum Gasteiger partial charge on any atom is 0.137 e. The van der Waals surface area contributed by atoms with Gasteiger partial charge in [0.15, 0.2) is 0 Å².